The van der Waals surface area contributed by atoms with Crippen LogP contribution >= 0.6 is 0 Å². The van der Waals surface area contributed by atoms with Gasteiger partial charge in [0.05, 0.1) is 13.7 Å². The second kappa shape index (κ2) is 8.17. The molecule has 3 rings (SSSR count). The molecule has 1 heterocycles. The number of amides is 1. The Kier molecular flexibility index (Phi) is 5.71. The number of benzene rings is 2. The predicted molar refractivity (Wildman–Crippen MR) is 101 cm³/mol. The maximum absolute atomic E-state index is 12.2. The zero-order valence-electron chi connectivity index (χ0n) is 15.0. The van der Waals surface area contributed by atoms with Gasteiger partial charge in [0.25, 0.3) is 0 Å². The van der Waals surface area contributed by atoms with Crippen LogP contribution in [0.3, 0.4) is 0 Å². The summed E-state index contributed by atoms with van der Waals surface area (Å²) in [5, 5.41) is 2.99. The third kappa shape index (κ3) is 4.83. The molecule has 1 saturated heterocycles. The van der Waals surface area contributed by atoms with Gasteiger partial charge >= 0.3 is 0 Å². The number of aryl methyl sites for hydroxylation is 1. The molecule has 1 N–H and O–H groups in total. The standard InChI is InChI=1S/C21H26N2O2/c1-16-4-3-5-19(14-16)22-21(24)15-23-12-10-18(11-13-23)17-6-8-20(25-2)9-7-17/h3-9,14,18H,10-13,15H2,1-2H3,(H,22,24). The van der Waals surface area contributed by atoms with Crippen LogP contribution in [-0.2, 0) is 4.79 Å². The highest BCUT2D eigenvalue weighted by Crippen LogP contribution is 2.29. The van der Waals surface area contributed by atoms with E-state index in [-0.39, 0.29) is 5.91 Å². The van der Waals surface area contributed by atoms with Gasteiger partial charge < -0.3 is 10.1 Å². The van der Waals surface area contributed by atoms with Crippen molar-refractivity contribution in [1.29, 1.82) is 0 Å². The van der Waals surface area contributed by atoms with Crippen LogP contribution in [0.25, 0.3) is 0 Å². The van der Waals surface area contributed by atoms with Crippen LogP contribution in [0.5, 0.6) is 5.75 Å². The topological polar surface area (TPSA) is 41.6 Å². The fourth-order valence-corrected chi connectivity index (χ4v) is 3.43. The van der Waals surface area contributed by atoms with E-state index in [9.17, 15) is 4.79 Å². The molecule has 0 aliphatic carbocycles. The molecule has 0 saturated carbocycles. The molecule has 0 atom stereocenters. The third-order valence-electron chi connectivity index (χ3n) is 4.84. The molecular weight excluding hydrogens is 312 g/mol. The second-order valence-electron chi connectivity index (χ2n) is 6.74. The first-order valence-electron chi connectivity index (χ1n) is 8.87. The predicted octanol–water partition coefficient (Wildman–Crippen LogP) is 3.82. The number of rotatable bonds is 5. The molecule has 0 aromatic heterocycles. The Morgan fingerprint density at radius 1 is 1.16 bits per heavy atom. The summed E-state index contributed by atoms with van der Waals surface area (Å²) in [6, 6.07) is 16.3. The summed E-state index contributed by atoms with van der Waals surface area (Å²) in [5.41, 5.74) is 3.39. The molecule has 4 nitrogen and oxygen atoms in total. The first kappa shape index (κ1) is 17.5. The lowest BCUT2D eigenvalue weighted by Gasteiger charge is -2.31. The molecule has 132 valence electrons. The van der Waals surface area contributed by atoms with Crippen molar-refractivity contribution in [3.05, 3.63) is 59.7 Å². The maximum atomic E-state index is 12.2. The monoisotopic (exact) mass is 338 g/mol. The minimum absolute atomic E-state index is 0.0634. The van der Waals surface area contributed by atoms with Crippen LogP contribution in [0.1, 0.15) is 29.9 Å². The van der Waals surface area contributed by atoms with Gasteiger partial charge in [0, 0.05) is 5.69 Å². The number of carbonyl (C=O) groups is 1. The normalized spacial score (nSPS) is 15.8. The highest BCUT2D eigenvalue weighted by Gasteiger charge is 2.22. The maximum Gasteiger partial charge on any atom is 0.238 e. The van der Waals surface area contributed by atoms with Crippen LogP contribution in [0.4, 0.5) is 5.69 Å². The molecule has 0 unspecified atom stereocenters. The Morgan fingerprint density at radius 2 is 1.88 bits per heavy atom. The van der Waals surface area contributed by atoms with E-state index in [0.717, 1.165) is 42.9 Å². The van der Waals surface area contributed by atoms with Gasteiger partial charge in [-0.3, -0.25) is 9.69 Å². The SMILES string of the molecule is COc1ccc(C2CCN(CC(=O)Nc3cccc(C)c3)CC2)cc1. The molecule has 1 aliphatic heterocycles. The van der Waals surface area contributed by atoms with Gasteiger partial charge in [-0.25, -0.2) is 0 Å². The molecule has 0 spiro atoms. The fraction of sp³-hybridized carbons (Fsp3) is 0.381. The summed E-state index contributed by atoms with van der Waals surface area (Å²) in [6.45, 7) is 4.40. The summed E-state index contributed by atoms with van der Waals surface area (Å²) in [5.74, 6) is 1.53. The molecule has 4 heteroatoms. The highest BCUT2D eigenvalue weighted by molar-refractivity contribution is 5.92. The van der Waals surface area contributed by atoms with E-state index in [2.05, 4.69) is 22.3 Å². The summed E-state index contributed by atoms with van der Waals surface area (Å²) < 4.78 is 5.22. The van der Waals surface area contributed by atoms with Crippen LogP contribution in [-0.4, -0.2) is 37.6 Å². The molecule has 1 aliphatic rings. The van der Waals surface area contributed by atoms with E-state index in [4.69, 9.17) is 4.74 Å². The zero-order chi connectivity index (χ0) is 17.6. The molecule has 2 aromatic rings. The van der Waals surface area contributed by atoms with Crippen molar-refractivity contribution >= 4 is 11.6 Å². The first-order valence-corrected chi connectivity index (χ1v) is 8.87. The van der Waals surface area contributed by atoms with Crippen molar-refractivity contribution in [2.45, 2.75) is 25.7 Å². The number of piperidine rings is 1. The van der Waals surface area contributed by atoms with Gasteiger partial charge in [0.1, 0.15) is 5.75 Å². The number of nitrogens with one attached hydrogen (secondary N) is 1. The van der Waals surface area contributed by atoms with Crippen LogP contribution in [0, 0.1) is 6.92 Å². The van der Waals surface area contributed by atoms with Gasteiger partial charge in [-0.05, 0) is 74.2 Å². The molecule has 0 radical (unpaired) electrons. The number of likely N-dealkylation sites (tertiary alicyclic amines) is 1. The molecule has 1 fully saturated rings. The van der Waals surface area contributed by atoms with Gasteiger partial charge in [-0.1, -0.05) is 24.3 Å². The largest absolute Gasteiger partial charge is 0.497 e. The smallest absolute Gasteiger partial charge is 0.238 e. The van der Waals surface area contributed by atoms with Crippen LogP contribution in [0.2, 0.25) is 0 Å². The summed E-state index contributed by atoms with van der Waals surface area (Å²) >= 11 is 0. The number of hydrogen-bond acceptors (Lipinski definition) is 3. The highest BCUT2D eigenvalue weighted by atomic mass is 16.5. The van der Waals surface area contributed by atoms with Crippen molar-refractivity contribution in [2.24, 2.45) is 0 Å². The Labute approximate surface area is 149 Å². The number of hydrogen-bond donors (Lipinski definition) is 1. The van der Waals surface area contributed by atoms with Crippen molar-refractivity contribution in [1.82, 2.24) is 4.90 Å². The third-order valence-corrected chi connectivity index (χ3v) is 4.84. The van der Waals surface area contributed by atoms with Crippen molar-refractivity contribution in [3.63, 3.8) is 0 Å². The van der Waals surface area contributed by atoms with Crippen molar-refractivity contribution < 1.29 is 9.53 Å². The summed E-state index contributed by atoms with van der Waals surface area (Å²) in [4.78, 5) is 14.5. The minimum Gasteiger partial charge on any atom is -0.497 e. The van der Waals surface area contributed by atoms with E-state index < -0.39 is 0 Å². The lowest BCUT2D eigenvalue weighted by atomic mass is 9.89. The molecule has 2 aromatic carbocycles. The van der Waals surface area contributed by atoms with E-state index in [1.807, 2.05) is 43.3 Å². The summed E-state index contributed by atoms with van der Waals surface area (Å²) in [7, 11) is 1.69. The van der Waals surface area contributed by atoms with E-state index >= 15 is 0 Å². The Hall–Kier alpha value is -2.33. The van der Waals surface area contributed by atoms with E-state index in [1.165, 1.54) is 5.56 Å². The molecule has 25 heavy (non-hydrogen) atoms. The number of methoxy groups -OCH3 is 1. The lowest BCUT2D eigenvalue weighted by Crippen LogP contribution is -2.38. The number of anilines is 1. The fourth-order valence-electron chi connectivity index (χ4n) is 3.43. The van der Waals surface area contributed by atoms with E-state index in [0.29, 0.717) is 12.5 Å². The average Bonchev–Trinajstić information content (AvgIpc) is 2.62. The lowest BCUT2D eigenvalue weighted by molar-refractivity contribution is -0.117. The number of ether oxygens (including phenoxy) is 1. The van der Waals surface area contributed by atoms with Gasteiger partial charge in [-0.15, -0.1) is 0 Å². The number of nitrogens with zero attached hydrogens (tertiary/aromatic N) is 1. The summed E-state index contributed by atoms with van der Waals surface area (Å²) in [6.07, 6.45) is 2.17. The van der Waals surface area contributed by atoms with Gasteiger partial charge in [0.15, 0.2) is 0 Å². The number of carbonyl (C=O) groups excluding carboxylic acids is 1. The van der Waals surface area contributed by atoms with Crippen molar-refractivity contribution in [2.75, 3.05) is 32.1 Å². The molecule has 0 bridgehead atoms. The molecular formula is C21H26N2O2. The quantitative estimate of drug-likeness (QED) is 0.901. The van der Waals surface area contributed by atoms with Crippen LogP contribution < -0.4 is 10.1 Å². The van der Waals surface area contributed by atoms with Gasteiger partial charge in [-0.2, -0.15) is 0 Å². The Morgan fingerprint density at radius 3 is 2.52 bits per heavy atom. The van der Waals surface area contributed by atoms with Crippen LogP contribution in [0.15, 0.2) is 48.5 Å². The minimum atomic E-state index is 0.0634. The van der Waals surface area contributed by atoms with Crippen molar-refractivity contribution in [3.8, 4) is 5.75 Å². The first-order chi connectivity index (χ1) is 12.1. The van der Waals surface area contributed by atoms with E-state index in [1.54, 1.807) is 7.11 Å². The Balaban J connectivity index is 1.47. The average molecular weight is 338 g/mol. The van der Waals surface area contributed by atoms with Gasteiger partial charge in [0.2, 0.25) is 5.91 Å². The second-order valence-corrected chi connectivity index (χ2v) is 6.74. The molecule has 1 amide bonds. The zero-order valence-corrected chi connectivity index (χ0v) is 15.0. The Bertz CT molecular complexity index is 704.